The SMILES string of the molecule is Cc1cc(CO)ccc1N1CCN(CC(C)C)CC1. The molecule has 19 heavy (non-hydrogen) atoms. The van der Waals surface area contributed by atoms with E-state index in [1.165, 1.54) is 17.8 Å². The average molecular weight is 262 g/mol. The first-order chi connectivity index (χ1) is 9.10. The summed E-state index contributed by atoms with van der Waals surface area (Å²) in [5.74, 6) is 0.747. The first-order valence-electron chi connectivity index (χ1n) is 7.28. The van der Waals surface area contributed by atoms with Gasteiger partial charge in [0, 0.05) is 38.4 Å². The molecule has 3 heteroatoms. The van der Waals surface area contributed by atoms with Gasteiger partial charge in [0.15, 0.2) is 0 Å². The molecule has 0 saturated carbocycles. The Morgan fingerprint density at radius 2 is 1.84 bits per heavy atom. The number of hydrogen-bond acceptors (Lipinski definition) is 3. The molecule has 1 N–H and O–H groups in total. The van der Waals surface area contributed by atoms with Gasteiger partial charge in [-0.15, -0.1) is 0 Å². The first kappa shape index (κ1) is 14.4. The Hall–Kier alpha value is -1.06. The fourth-order valence-corrected chi connectivity index (χ4v) is 2.86. The smallest absolute Gasteiger partial charge is 0.0681 e. The molecule has 0 aliphatic carbocycles. The van der Waals surface area contributed by atoms with Gasteiger partial charge in [-0.25, -0.2) is 0 Å². The van der Waals surface area contributed by atoms with Crippen LogP contribution in [-0.2, 0) is 6.61 Å². The van der Waals surface area contributed by atoms with E-state index in [0.29, 0.717) is 0 Å². The number of aryl methyl sites for hydroxylation is 1. The fourth-order valence-electron chi connectivity index (χ4n) is 2.86. The Kier molecular flexibility index (Phi) is 4.83. The number of rotatable bonds is 4. The van der Waals surface area contributed by atoms with Crippen LogP contribution in [0, 0.1) is 12.8 Å². The molecule has 0 unspecified atom stereocenters. The van der Waals surface area contributed by atoms with Crippen LogP contribution < -0.4 is 4.90 Å². The molecule has 0 spiro atoms. The predicted octanol–water partition coefficient (Wildman–Crippen LogP) is 2.27. The molecule has 1 aromatic carbocycles. The zero-order valence-electron chi connectivity index (χ0n) is 12.4. The lowest BCUT2D eigenvalue weighted by atomic mass is 10.1. The number of benzene rings is 1. The molecule has 1 heterocycles. The Morgan fingerprint density at radius 1 is 1.16 bits per heavy atom. The van der Waals surface area contributed by atoms with Crippen LogP contribution in [-0.4, -0.2) is 42.7 Å². The summed E-state index contributed by atoms with van der Waals surface area (Å²) in [4.78, 5) is 5.02. The van der Waals surface area contributed by atoms with Gasteiger partial charge in [-0.3, -0.25) is 4.90 Å². The number of piperazine rings is 1. The van der Waals surface area contributed by atoms with Gasteiger partial charge < -0.3 is 10.0 Å². The molecule has 1 saturated heterocycles. The average Bonchev–Trinajstić information content (AvgIpc) is 2.39. The second kappa shape index (κ2) is 6.40. The molecule has 0 aromatic heterocycles. The summed E-state index contributed by atoms with van der Waals surface area (Å²) in [6.07, 6.45) is 0. The summed E-state index contributed by atoms with van der Waals surface area (Å²) < 4.78 is 0. The first-order valence-corrected chi connectivity index (χ1v) is 7.28. The molecule has 1 aliphatic rings. The van der Waals surface area contributed by atoms with E-state index in [1.807, 2.05) is 6.07 Å². The van der Waals surface area contributed by atoms with Gasteiger partial charge >= 0.3 is 0 Å². The van der Waals surface area contributed by atoms with Crippen LogP contribution >= 0.6 is 0 Å². The molecule has 106 valence electrons. The Labute approximate surface area is 116 Å². The van der Waals surface area contributed by atoms with Crippen LogP contribution in [0.1, 0.15) is 25.0 Å². The van der Waals surface area contributed by atoms with Crippen molar-refractivity contribution in [2.45, 2.75) is 27.4 Å². The van der Waals surface area contributed by atoms with Gasteiger partial charge in [0.2, 0.25) is 0 Å². The van der Waals surface area contributed by atoms with Gasteiger partial charge in [0.25, 0.3) is 0 Å². The van der Waals surface area contributed by atoms with E-state index in [9.17, 15) is 0 Å². The maximum Gasteiger partial charge on any atom is 0.0681 e. The molecule has 3 nitrogen and oxygen atoms in total. The van der Waals surface area contributed by atoms with Crippen LogP contribution in [0.15, 0.2) is 18.2 Å². The number of anilines is 1. The molecule has 0 bridgehead atoms. The third kappa shape index (κ3) is 3.71. The van der Waals surface area contributed by atoms with E-state index in [1.54, 1.807) is 0 Å². The second-order valence-electron chi connectivity index (χ2n) is 5.96. The highest BCUT2D eigenvalue weighted by molar-refractivity contribution is 5.54. The predicted molar refractivity (Wildman–Crippen MR) is 80.6 cm³/mol. The number of hydrogen-bond donors (Lipinski definition) is 1. The van der Waals surface area contributed by atoms with E-state index in [2.05, 4.69) is 42.7 Å². The van der Waals surface area contributed by atoms with Crippen molar-refractivity contribution in [3.8, 4) is 0 Å². The lowest BCUT2D eigenvalue weighted by Gasteiger charge is -2.37. The van der Waals surface area contributed by atoms with Crippen molar-refractivity contribution in [2.75, 3.05) is 37.6 Å². The van der Waals surface area contributed by atoms with Crippen LogP contribution in [0.5, 0.6) is 0 Å². The van der Waals surface area contributed by atoms with Gasteiger partial charge in [0.1, 0.15) is 0 Å². The minimum atomic E-state index is 0.128. The van der Waals surface area contributed by atoms with Crippen LogP contribution in [0.3, 0.4) is 0 Å². The third-order valence-corrected chi connectivity index (χ3v) is 3.78. The molecule has 0 amide bonds. The molecule has 0 atom stereocenters. The van der Waals surface area contributed by atoms with Crippen molar-refractivity contribution in [2.24, 2.45) is 5.92 Å². The number of aliphatic hydroxyl groups is 1. The van der Waals surface area contributed by atoms with Crippen LogP contribution in [0.4, 0.5) is 5.69 Å². The maximum absolute atomic E-state index is 9.16. The van der Waals surface area contributed by atoms with E-state index in [0.717, 1.165) is 37.7 Å². The van der Waals surface area contributed by atoms with E-state index in [-0.39, 0.29) is 6.61 Å². The summed E-state index contributed by atoms with van der Waals surface area (Å²) in [6, 6.07) is 6.28. The van der Waals surface area contributed by atoms with E-state index < -0.39 is 0 Å². The zero-order valence-corrected chi connectivity index (χ0v) is 12.4. The molecular weight excluding hydrogens is 236 g/mol. The Bertz CT molecular complexity index is 409. The molecule has 0 radical (unpaired) electrons. The van der Waals surface area contributed by atoms with Crippen molar-refractivity contribution in [3.63, 3.8) is 0 Å². The third-order valence-electron chi connectivity index (χ3n) is 3.78. The number of aliphatic hydroxyl groups excluding tert-OH is 1. The normalized spacial score (nSPS) is 17.2. The highest BCUT2D eigenvalue weighted by atomic mass is 16.3. The monoisotopic (exact) mass is 262 g/mol. The highest BCUT2D eigenvalue weighted by Crippen LogP contribution is 2.22. The fraction of sp³-hybridized carbons (Fsp3) is 0.625. The summed E-state index contributed by atoms with van der Waals surface area (Å²) >= 11 is 0. The lowest BCUT2D eigenvalue weighted by Crippen LogP contribution is -2.47. The lowest BCUT2D eigenvalue weighted by molar-refractivity contribution is 0.231. The van der Waals surface area contributed by atoms with Crippen molar-refractivity contribution in [1.29, 1.82) is 0 Å². The van der Waals surface area contributed by atoms with Gasteiger partial charge in [-0.1, -0.05) is 26.0 Å². The van der Waals surface area contributed by atoms with Crippen LogP contribution in [0.2, 0.25) is 0 Å². The molecule has 2 rings (SSSR count). The zero-order chi connectivity index (χ0) is 13.8. The Balaban J connectivity index is 1.97. The molecular formula is C16H26N2O. The van der Waals surface area contributed by atoms with Gasteiger partial charge in [-0.05, 0) is 30.0 Å². The Morgan fingerprint density at radius 3 is 2.37 bits per heavy atom. The van der Waals surface area contributed by atoms with Gasteiger partial charge in [0.05, 0.1) is 6.61 Å². The summed E-state index contributed by atoms with van der Waals surface area (Å²) in [5.41, 5.74) is 3.59. The quantitative estimate of drug-likeness (QED) is 0.901. The molecule has 1 aliphatic heterocycles. The van der Waals surface area contributed by atoms with Crippen LogP contribution in [0.25, 0.3) is 0 Å². The number of nitrogens with zero attached hydrogens (tertiary/aromatic N) is 2. The second-order valence-corrected chi connectivity index (χ2v) is 5.96. The molecule has 1 aromatic rings. The van der Waals surface area contributed by atoms with E-state index in [4.69, 9.17) is 5.11 Å². The maximum atomic E-state index is 9.16. The van der Waals surface area contributed by atoms with Crippen molar-refractivity contribution in [1.82, 2.24) is 4.90 Å². The summed E-state index contributed by atoms with van der Waals surface area (Å²) in [5, 5.41) is 9.16. The highest BCUT2D eigenvalue weighted by Gasteiger charge is 2.18. The standard InChI is InChI=1S/C16H26N2O/c1-13(2)11-17-6-8-18(9-7-17)16-5-4-15(12-19)10-14(16)3/h4-5,10,13,19H,6-9,11-12H2,1-3H3. The largest absolute Gasteiger partial charge is 0.392 e. The van der Waals surface area contributed by atoms with Crippen molar-refractivity contribution in [3.05, 3.63) is 29.3 Å². The minimum Gasteiger partial charge on any atom is -0.392 e. The minimum absolute atomic E-state index is 0.128. The van der Waals surface area contributed by atoms with Crippen molar-refractivity contribution >= 4 is 5.69 Å². The topological polar surface area (TPSA) is 26.7 Å². The molecule has 1 fully saturated rings. The van der Waals surface area contributed by atoms with E-state index >= 15 is 0 Å². The summed E-state index contributed by atoms with van der Waals surface area (Å²) in [6.45, 7) is 12.5. The van der Waals surface area contributed by atoms with Crippen molar-refractivity contribution < 1.29 is 5.11 Å². The van der Waals surface area contributed by atoms with Gasteiger partial charge in [-0.2, -0.15) is 0 Å². The summed E-state index contributed by atoms with van der Waals surface area (Å²) in [7, 11) is 0.